The average molecular weight is 230 g/mol. The Morgan fingerprint density at radius 3 is 2.38 bits per heavy atom. The maximum Gasteiger partial charge on any atom is 0.224 e. The van der Waals surface area contributed by atoms with Crippen LogP contribution in [0.2, 0.25) is 0 Å². The van der Waals surface area contributed by atoms with Gasteiger partial charge in [0, 0.05) is 32.7 Å². The summed E-state index contributed by atoms with van der Waals surface area (Å²) in [6, 6.07) is -0.100. The van der Waals surface area contributed by atoms with E-state index in [2.05, 4.69) is 20.8 Å². The van der Waals surface area contributed by atoms with Crippen molar-refractivity contribution in [2.75, 3.05) is 26.8 Å². The monoisotopic (exact) mass is 230 g/mol. The fourth-order valence-corrected chi connectivity index (χ4v) is 1.28. The van der Waals surface area contributed by atoms with E-state index >= 15 is 0 Å². The lowest BCUT2D eigenvalue weighted by Crippen LogP contribution is -2.42. The van der Waals surface area contributed by atoms with E-state index in [4.69, 9.17) is 10.5 Å². The zero-order valence-corrected chi connectivity index (χ0v) is 11.2. The first-order chi connectivity index (χ1) is 7.32. The van der Waals surface area contributed by atoms with Gasteiger partial charge in [-0.15, -0.1) is 0 Å². The molecule has 96 valence electrons. The lowest BCUT2D eigenvalue weighted by atomic mass is 9.85. The Hall–Kier alpha value is -0.610. The van der Waals surface area contributed by atoms with Gasteiger partial charge in [-0.25, -0.2) is 0 Å². The number of nitrogens with zero attached hydrogens (tertiary/aromatic N) is 1. The summed E-state index contributed by atoms with van der Waals surface area (Å²) < 4.78 is 4.97. The van der Waals surface area contributed by atoms with Crippen LogP contribution in [0.1, 0.15) is 34.1 Å². The van der Waals surface area contributed by atoms with Gasteiger partial charge < -0.3 is 15.4 Å². The van der Waals surface area contributed by atoms with Gasteiger partial charge in [-0.1, -0.05) is 20.8 Å². The summed E-state index contributed by atoms with van der Waals surface area (Å²) >= 11 is 0. The van der Waals surface area contributed by atoms with E-state index in [-0.39, 0.29) is 17.4 Å². The smallest absolute Gasteiger partial charge is 0.224 e. The third-order valence-corrected chi connectivity index (χ3v) is 2.81. The van der Waals surface area contributed by atoms with Gasteiger partial charge in [-0.2, -0.15) is 0 Å². The van der Waals surface area contributed by atoms with Crippen LogP contribution in [0.5, 0.6) is 0 Å². The van der Waals surface area contributed by atoms with Crippen molar-refractivity contribution in [2.24, 2.45) is 11.1 Å². The molecule has 0 aliphatic carbocycles. The van der Waals surface area contributed by atoms with E-state index in [9.17, 15) is 4.79 Å². The highest BCUT2D eigenvalue weighted by Crippen LogP contribution is 2.20. The second-order valence-corrected chi connectivity index (χ2v) is 5.14. The van der Waals surface area contributed by atoms with Gasteiger partial charge in [-0.05, 0) is 12.3 Å². The molecule has 0 radical (unpaired) electrons. The summed E-state index contributed by atoms with van der Waals surface area (Å²) in [5, 5.41) is 0. The summed E-state index contributed by atoms with van der Waals surface area (Å²) in [4.78, 5) is 13.7. The molecular weight excluding hydrogens is 204 g/mol. The minimum absolute atomic E-state index is 0.0314. The Morgan fingerprint density at radius 1 is 1.44 bits per heavy atom. The average Bonchev–Trinajstić information content (AvgIpc) is 2.17. The van der Waals surface area contributed by atoms with Gasteiger partial charge in [0.2, 0.25) is 5.91 Å². The minimum Gasteiger partial charge on any atom is -0.383 e. The SMILES string of the molecule is CCN(CCOC)C(=O)CC(N)C(C)(C)C. The van der Waals surface area contributed by atoms with Crippen LogP contribution >= 0.6 is 0 Å². The molecule has 0 heterocycles. The van der Waals surface area contributed by atoms with E-state index < -0.39 is 0 Å². The number of amides is 1. The highest BCUT2D eigenvalue weighted by Gasteiger charge is 2.24. The molecule has 0 aromatic carbocycles. The fraction of sp³-hybridized carbons (Fsp3) is 0.917. The first kappa shape index (κ1) is 15.4. The normalized spacial score (nSPS) is 13.6. The molecule has 2 N–H and O–H groups in total. The van der Waals surface area contributed by atoms with Crippen molar-refractivity contribution in [2.45, 2.75) is 40.2 Å². The Labute approximate surface area is 99.1 Å². The zero-order valence-electron chi connectivity index (χ0n) is 11.2. The van der Waals surface area contributed by atoms with E-state index in [1.54, 1.807) is 12.0 Å². The molecule has 0 rings (SSSR count). The van der Waals surface area contributed by atoms with Gasteiger partial charge in [0.1, 0.15) is 0 Å². The molecule has 4 heteroatoms. The van der Waals surface area contributed by atoms with E-state index in [1.165, 1.54) is 0 Å². The summed E-state index contributed by atoms with van der Waals surface area (Å²) in [5.41, 5.74) is 5.96. The first-order valence-electron chi connectivity index (χ1n) is 5.85. The largest absolute Gasteiger partial charge is 0.383 e. The van der Waals surface area contributed by atoms with Crippen molar-refractivity contribution in [1.82, 2.24) is 4.90 Å². The lowest BCUT2D eigenvalue weighted by molar-refractivity contribution is -0.132. The second-order valence-electron chi connectivity index (χ2n) is 5.14. The Balaban J connectivity index is 4.21. The third-order valence-electron chi connectivity index (χ3n) is 2.81. The number of likely N-dealkylation sites (N-methyl/N-ethyl adjacent to an activating group) is 1. The van der Waals surface area contributed by atoms with Crippen molar-refractivity contribution < 1.29 is 9.53 Å². The topological polar surface area (TPSA) is 55.6 Å². The number of nitrogens with two attached hydrogens (primary N) is 1. The van der Waals surface area contributed by atoms with Crippen molar-refractivity contribution in [3.63, 3.8) is 0 Å². The van der Waals surface area contributed by atoms with Crippen LogP contribution in [-0.2, 0) is 9.53 Å². The summed E-state index contributed by atoms with van der Waals surface area (Å²) in [6.45, 7) is 10.0. The molecule has 0 bridgehead atoms. The molecule has 0 saturated carbocycles. The third kappa shape index (κ3) is 5.47. The van der Waals surface area contributed by atoms with Gasteiger partial charge in [0.05, 0.1) is 6.61 Å². The number of methoxy groups -OCH3 is 1. The second kappa shape index (κ2) is 6.86. The molecule has 0 aromatic rings. The predicted octanol–water partition coefficient (Wildman–Crippen LogP) is 1.24. The number of hydrogen-bond donors (Lipinski definition) is 1. The maximum atomic E-state index is 11.9. The van der Waals surface area contributed by atoms with Crippen LogP contribution in [0, 0.1) is 5.41 Å². The van der Waals surface area contributed by atoms with Crippen LogP contribution in [0.15, 0.2) is 0 Å². The molecule has 0 spiro atoms. The number of rotatable bonds is 6. The molecule has 1 unspecified atom stereocenters. The van der Waals surface area contributed by atoms with Gasteiger partial charge >= 0.3 is 0 Å². The number of carbonyl (C=O) groups is 1. The molecule has 0 saturated heterocycles. The van der Waals surface area contributed by atoms with E-state index in [0.717, 1.165) is 0 Å². The van der Waals surface area contributed by atoms with Crippen LogP contribution in [0.3, 0.4) is 0 Å². The molecule has 4 nitrogen and oxygen atoms in total. The number of carbonyl (C=O) groups excluding carboxylic acids is 1. The molecule has 0 aliphatic heterocycles. The van der Waals surface area contributed by atoms with E-state index in [1.807, 2.05) is 6.92 Å². The quantitative estimate of drug-likeness (QED) is 0.747. The van der Waals surface area contributed by atoms with Gasteiger partial charge in [0.25, 0.3) is 0 Å². The molecule has 0 aromatic heterocycles. The van der Waals surface area contributed by atoms with Crippen LogP contribution in [0.25, 0.3) is 0 Å². The molecule has 1 atom stereocenters. The minimum atomic E-state index is -0.100. The van der Waals surface area contributed by atoms with Crippen molar-refractivity contribution in [3.8, 4) is 0 Å². The van der Waals surface area contributed by atoms with Crippen LogP contribution in [0.4, 0.5) is 0 Å². The molecule has 1 amide bonds. The highest BCUT2D eigenvalue weighted by molar-refractivity contribution is 5.76. The summed E-state index contributed by atoms with van der Waals surface area (Å²) in [6.07, 6.45) is 0.404. The Kier molecular flexibility index (Phi) is 6.60. The number of hydrogen-bond acceptors (Lipinski definition) is 3. The number of ether oxygens (including phenoxy) is 1. The fourth-order valence-electron chi connectivity index (χ4n) is 1.28. The van der Waals surface area contributed by atoms with Gasteiger partial charge in [0.15, 0.2) is 0 Å². The lowest BCUT2D eigenvalue weighted by Gasteiger charge is -2.29. The van der Waals surface area contributed by atoms with E-state index in [0.29, 0.717) is 26.1 Å². The molecule has 0 fully saturated rings. The van der Waals surface area contributed by atoms with Crippen LogP contribution in [-0.4, -0.2) is 43.7 Å². The van der Waals surface area contributed by atoms with Crippen molar-refractivity contribution in [3.05, 3.63) is 0 Å². The highest BCUT2D eigenvalue weighted by atomic mass is 16.5. The zero-order chi connectivity index (χ0) is 12.8. The van der Waals surface area contributed by atoms with Gasteiger partial charge in [-0.3, -0.25) is 4.79 Å². The molecule has 0 aliphatic rings. The first-order valence-corrected chi connectivity index (χ1v) is 5.85. The van der Waals surface area contributed by atoms with Crippen molar-refractivity contribution >= 4 is 5.91 Å². The summed E-state index contributed by atoms with van der Waals surface area (Å²) in [5.74, 6) is 0.113. The molecule has 16 heavy (non-hydrogen) atoms. The van der Waals surface area contributed by atoms with Crippen LogP contribution < -0.4 is 5.73 Å². The standard InChI is InChI=1S/C12H26N2O2/c1-6-14(7-8-16-5)11(15)9-10(13)12(2,3)4/h10H,6-9,13H2,1-5H3. The maximum absolute atomic E-state index is 11.9. The Morgan fingerprint density at radius 2 is 2.00 bits per heavy atom. The summed E-state index contributed by atoms with van der Waals surface area (Å²) in [7, 11) is 1.64. The Bertz CT molecular complexity index is 212. The van der Waals surface area contributed by atoms with Crippen molar-refractivity contribution in [1.29, 1.82) is 0 Å². The predicted molar refractivity (Wildman–Crippen MR) is 66.2 cm³/mol. The molecular formula is C12H26N2O2.